The Morgan fingerprint density at radius 2 is 0.905 bits per heavy atom. The molecular formula is C73H67N. The lowest BCUT2D eigenvalue weighted by Gasteiger charge is -2.38. The SMILES string of the molecule is CC(C)(C)c1cccc(C2(c3cccc(C(C)(C)C)c3)c3ccccc3-c3ccc(N(c4cccc(-c5cccc6c5C(C)(C)c5ccccc5-6)c4)c4ccc5c(c4)C4(CC6CCC4C6)c4ccccc4-5)cc32)c1. The summed E-state index contributed by atoms with van der Waals surface area (Å²) < 4.78 is 0. The highest BCUT2D eigenvalue weighted by molar-refractivity contribution is 5.93. The van der Waals surface area contributed by atoms with Crippen molar-refractivity contribution in [1.82, 2.24) is 0 Å². The van der Waals surface area contributed by atoms with Gasteiger partial charge in [-0.1, -0.05) is 226 Å². The molecule has 1 spiro atoms. The van der Waals surface area contributed by atoms with Crippen molar-refractivity contribution >= 4 is 17.1 Å². The minimum Gasteiger partial charge on any atom is -0.310 e. The molecule has 3 atom stereocenters. The Morgan fingerprint density at radius 3 is 1.53 bits per heavy atom. The minimum absolute atomic E-state index is 0.0324. The van der Waals surface area contributed by atoms with Crippen molar-refractivity contribution in [1.29, 1.82) is 0 Å². The second-order valence-electron chi connectivity index (χ2n) is 25.3. The first-order valence-corrected chi connectivity index (χ1v) is 27.5. The van der Waals surface area contributed by atoms with Gasteiger partial charge < -0.3 is 4.90 Å². The van der Waals surface area contributed by atoms with E-state index in [1.807, 2.05) is 0 Å². The molecule has 5 aliphatic rings. The van der Waals surface area contributed by atoms with E-state index in [2.05, 4.69) is 260 Å². The van der Waals surface area contributed by atoms with Crippen LogP contribution in [-0.4, -0.2) is 0 Å². The Morgan fingerprint density at radius 1 is 0.405 bits per heavy atom. The van der Waals surface area contributed by atoms with E-state index in [4.69, 9.17) is 0 Å². The zero-order valence-corrected chi connectivity index (χ0v) is 44.5. The third-order valence-corrected chi connectivity index (χ3v) is 18.9. The van der Waals surface area contributed by atoms with E-state index in [9.17, 15) is 0 Å². The Hall–Kier alpha value is -7.22. The lowest BCUT2D eigenvalue weighted by molar-refractivity contribution is 0.327. The fourth-order valence-corrected chi connectivity index (χ4v) is 15.5. The van der Waals surface area contributed by atoms with Crippen LogP contribution < -0.4 is 4.90 Å². The summed E-state index contributed by atoms with van der Waals surface area (Å²) in [5.74, 6) is 1.46. The standard InChI is InChI=1S/C73H67N/c1-69(2,3)48-20-16-22-51(41-48)73(52-23-17-21-49(42-52)70(4,5)6)65-32-14-11-26-58(65)61-38-36-55(44-67(61)73)74(54-35-37-60-57-25-10-13-31-64(57)72(66(60)43-54)45-46-33-34-50(72)39-46)53-24-15-19-47(40-53)56-28-18-29-62-59-27-9-12-30-63(59)71(7,8)68(56)62/h9-32,35-38,40-44,46,50H,33-34,39,45H2,1-8H3. The highest BCUT2D eigenvalue weighted by Crippen LogP contribution is 2.66. The second-order valence-corrected chi connectivity index (χ2v) is 25.3. The van der Waals surface area contributed by atoms with Crippen LogP contribution in [0.5, 0.6) is 0 Å². The highest BCUT2D eigenvalue weighted by atomic mass is 15.1. The predicted octanol–water partition coefficient (Wildman–Crippen LogP) is 19.2. The van der Waals surface area contributed by atoms with Crippen molar-refractivity contribution in [3.8, 4) is 44.5 Å². The van der Waals surface area contributed by atoms with Crippen molar-refractivity contribution in [2.75, 3.05) is 4.90 Å². The van der Waals surface area contributed by atoms with Crippen molar-refractivity contribution in [3.05, 3.63) is 256 Å². The third-order valence-electron chi connectivity index (χ3n) is 18.9. The molecule has 2 bridgehead atoms. The molecule has 0 aromatic heterocycles. The molecule has 364 valence electrons. The van der Waals surface area contributed by atoms with Gasteiger partial charge in [-0.05, 0) is 178 Å². The first-order chi connectivity index (χ1) is 35.7. The molecule has 0 heterocycles. The van der Waals surface area contributed by atoms with Gasteiger partial charge in [0.2, 0.25) is 0 Å². The zero-order valence-electron chi connectivity index (χ0n) is 44.5. The van der Waals surface area contributed by atoms with Gasteiger partial charge in [0.15, 0.2) is 0 Å². The number of benzene rings is 9. The molecule has 2 saturated carbocycles. The van der Waals surface area contributed by atoms with Crippen LogP contribution in [0.15, 0.2) is 200 Å². The van der Waals surface area contributed by atoms with E-state index >= 15 is 0 Å². The van der Waals surface area contributed by atoms with Gasteiger partial charge in [0.1, 0.15) is 0 Å². The van der Waals surface area contributed by atoms with Crippen LogP contribution >= 0.6 is 0 Å². The van der Waals surface area contributed by atoms with E-state index in [-0.39, 0.29) is 21.7 Å². The van der Waals surface area contributed by atoms with Gasteiger partial charge in [-0.3, -0.25) is 0 Å². The monoisotopic (exact) mass is 958 g/mol. The summed E-state index contributed by atoms with van der Waals surface area (Å²) in [5.41, 5.74) is 27.4. The summed E-state index contributed by atoms with van der Waals surface area (Å²) in [5, 5.41) is 0. The molecule has 3 unspecified atom stereocenters. The van der Waals surface area contributed by atoms with Crippen LogP contribution in [0.3, 0.4) is 0 Å². The highest BCUT2D eigenvalue weighted by Gasteiger charge is 2.57. The van der Waals surface area contributed by atoms with Crippen molar-refractivity contribution < 1.29 is 0 Å². The molecule has 74 heavy (non-hydrogen) atoms. The van der Waals surface area contributed by atoms with Crippen molar-refractivity contribution in [3.63, 3.8) is 0 Å². The Labute approximate surface area is 440 Å². The molecule has 1 heteroatoms. The fraction of sp³-hybridized carbons (Fsp3) is 0.260. The number of nitrogens with zero attached hydrogens (tertiary/aromatic N) is 1. The normalized spacial score (nSPS) is 19.9. The maximum absolute atomic E-state index is 2.64. The molecule has 2 fully saturated rings. The van der Waals surface area contributed by atoms with E-state index in [0.717, 1.165) is 11.6 Å². The first kappa shape index (κ1) is 45.4. The smallest absolute Gasteiger partial charge is 0.0714 e. The van der Waals surface area contributed by atoms with Gasteiger partial charge in [0.05, 0.1) is 5.41 Å². The Bertz CT molecular complexity index is 3720. The molecule has 14 rings (SSSR count). The first-order valence-electron chi connectivity index (χ1n) is 27.5. The van der Waals surface area contributed by atoms with Gasteiger partial charge in [0, 0.05) is 27.9 Å². The quantitative estimate of drug-likeness (QED) is 0.161. The van der Waals surface area contributed by atoms with Crippen molar-refractivity contribution in [2.45, 2.75) is 108 Å². The maximum atomic E-state index is 2.64. The molecule has 5 aliphatic carbocycles. The minimum atomic E-state index is -0.587. The van der Waals surface area contributed by atoms with Crippen LogP contribution in [0.4, 0.5) is 17.1 Å². The lowest BCUT2D eigenvalue weighted by atomic mass is 9.66. The van der Waals surface area contributed by atoms with Crippen LogP contribution in [0, 0.1) is 11.8 Å². The molecule has 0 N–H and O–H groups in total. The second kappa shape index (κ2) is 15.9. The van der Waals surface area contributed by atoms with Gasteiger partial charge in [-0.15, -0.1) is 0 Å². The summed E-state index contributed by atoms with van der Waals surface area (Å²) in [6, 6.07) is 78.3. The predicted molar refractivity (Wildman–Crippen MR) is 310 cm³/mol. The molecule has 1 nitrogen and oxygen atoms in total. The molecule has 0 radical (unpaired) electrons. The summed E-state index contributed by atoms with van der Waals surface area (Å²) in [6.45, 7) is 18.9. The summed E-state index contributed by atoms with van der Waals surface area (Å²) in [4.78, 5) is 2.61. The van der Waals surface area contributed by atoms with E-state index < -0.39 is 5.41 Å². The van der Waals surface area contributed by atoms with Crippen LogP contribution in [-0.2, 0) is 27.1 Å². The molecule has 0 aliphatic heterocycles. The number of rotatable bonds is 6. The Balaban J connectivity index is 1.03. The molecule has 0 saturated heterocycles. The Kier molecular flexibility index (Phi) is 9.75. The molecule has 0 amide bonds. The number of hydrogen-bond acceptors (Lipinski definition) is 1. The molecule has 9 aromatic carbocycles. The number of fused-ring (bicyclic) bond motifs is 14. The van der Waals surface area contributed by atoms with E-state index in [1.165, 1.54) is 132 Å². The summed E-state index contributed by atoms with van der Waals surface area (Å²) >= 11 is 0. The van der Waals surface area contributed by atoms with E-state index in [1.54, 1.807) is 5.56 Å². The molecule has 9 aromatic rings. The van der Waals surface area contributed by atoms with Gasteiger partial charge in [-0.2, -0.15) is 0 Å². The maximum Gasteiger partial charge on any atom is 0.0714 e. The third kappa shape index (κ3) is 6.35. The topological polar surface area (TPSA) is 3.24 Å². The van der Waals surface area contributed by atoms with E-state index in [0.29, 0.717) is 5.92 Å². The largest absolute Gasteiger partial charge is 0.310 e. The number of hydrogen-bond donors (Lipinski definition) is 0. The molecular weight excluding hydrogens is 891 g/mol. The summed E-state index contributed by atoms with van der Waals surface area (Å²) in [7, 11) is 0. The summed E-state index contributed by atoms with van der Waals surface area (Å²) in [6.07, 6.45) is 5.27. The van der Waals surface area contributed by atoms with Gasteiger partial charge >= 0.3 is 0 Å². The fourth-order valence-electron chi connectivity index (χ4n) is 15.5. The average Bonchev–Trinajstić information content (AvgIpc) is 4.21. The van der Waals surface area contributed by atoms with Crippen LogP contribution in [0.1, 0.15) is 137 Å². The van der Waals surface area contributed by atoms with Crippen LogP contribution in [0.2, 0.25) is 0 Å². The van der Waals surface area contributed by atoms with Gasteiger partial charge in [0.25, 0.3) is 0 Å². The number of anilines is 3. The van der Waals surface area contributed by atoms with Crippen molar-refractivity contribution in [2.24, 2.45) is 11.8 Å². The lowest BCUT2D eigenvalue weighted by Crippen LogP contribution is -2.32. The van der Waals surface area contributed by atoms with Gasteiger partial charge in [-0.25, -0.2) is 0 Å². The zero-order chi connectivity index (χ0) is 50.5. The van der Waals surface area contributed by atoms with Crippen LogP contribution in [0.25, 0.3) is 44.5 Å². The average molecular weight is 958 g/mol.